The summed E-state index contributed by atoms with van der Waals surface area (Å²) >= 11 is 0. The first-order valence-corrected chi connectivity index (χ1v) is 7.52. The standard InChI is InChI=1S/C14H21F3N6O/c1-10-8-22(4-5-23(10)9-14(15,16)17)13(24)20-11-6-18-12(19-7-11)21(2)3/h6-7,10H,4-5,8-9H2,1-3H3,(H,20,24)/t10-/m0/s1. The molecular weight excluding hydrogens is 325 g/mol. The fourth-order valence-corrected chi connectivity index (χ4v) is 2.46. The highest BCUT2D eigenvalue weighted by atomic mass is 19.4. The highest BCUT2D eigenvalue weighted by Crippen LogP contribution is 2.20. The van der Waals surface area contributed by atoms with Crippen molar-refractivity contribution in [2.75, 3.05) is 50.5 Å². The van der Waals surface area contributed by atoms with E-state index in [4.69, 9.17) is 0 Å². The van der Waals surface area contributed by atoms with Crippen LogP contribution in [0.4, 0.5) is 29.6 Å². The number of rotatable bonds is 3. The molecule has 2 heterocycles. The molecule has 134 valence electrons. The van der Waals surface area contributed by atoms with Crippen molar-refractivity contribution in [3.63, 3.8) is 0 Å². The van der Waals surface area contributed by atoms with E-state index in [9.17, 15) is 18.0 Å². The van der Waals surface area contributed by atoms with Gasteiger partial charge in [-0.3, -0.25) is 4.90 Å². The zero-order valence-electron chi connectivity index (χ0n) is 13.8. The van der Waals surface area contributed by atoms with Crippen LogP contribution in [0, 0.1) is 0 Å². The molecule has 24 heavy (non-hydrogen) atoms. The van der Waals surface area contributed by atoms with Crippen LogP contribution in [-0.4, -0.2) is 78.3 Å². The first-order chi connectivity index (χ1) is 11.2. The molecule has 10 heteroatoms. The zero-order chi connectivity index (χ0) is 17.9. The number of carbonyl (C=O) groups is 1. The monoisotopic (exact) mass is 346 g/mol. The molecule has 1 aliphatic rings. The summed E-state index contributed by atoms with van der Waals surface area (Å²) in [5, 5.41) is 2.66. The lowest BCUT2D eigenvalue weighted by molar-refractivity contribution is -0.153. The lowest BCUT2D eigenvalue weighted by Crippen LogP contribution is -2.56. The van der Waals surface area contributed by atoms with Gasteiger partial charge in [0, 0.05) is 39.8 Å². The van der Waals surface area contributed by atoms with Gasteiger partial charge in [0.15, 0.2) is 0 Å². The minimum Gasteiger partial charge on any atom is -0.347 e. The van der Waals surface area contributed by atoms with Gasteiger partial charge in [0.25, 0.3) is 0 Å². The van der Waals surface area contributed by atoms with Gasteiger partial charge >= 0.3 is 12.2 Å². The van der Waals surface area contributed by atoms with E-state index in [1.54, 1.807) is 25.9 Å². The first kappa shape index (κ1) is 18.2. The number of nitrogens with zero attached hydrogens (tertiary/aromatic N) is 5. The number of hydrogen-bond acceptors (Lipinski definition) is 5. The Morgan fingerprint density at radius 1 is 1.33 bits per heavy atom. The molecule has 0 bridgehead atoms. The van der Waals surface area contributed by atoms with Gasteiger partial charge in [0.1, 0.15) is 0 Å². The molecule has 0 aliphatic carbocycles. The molecular formula is C14H21F3N6O. The molecule has 1 saturated heterocycles. The maximum absolute atomic E-state index is 12.5. The third-order valence-electron chi connectivity index (χ3n) is 3.72. The van der Waals surface area contributed by atoms with Crippen molar-refractivity contribution in [1.29, 1.82) is 0 Å². The van der Waals surface area contributed by atoms with Gasteiger partial charge in [-0.25, -0.2) is 14.8 Å². The van der Waals surface area contributed by atoms with Crippen LogP contribution in [-0.2, 0) is 0 Å². The SMILES string of the molecule is C[C@H]1CN(C(=O)Nc2cnc(N(C)C)nc2)CCN1CC(F)(F)F. The van der Waals surface area contributed by atoms with Crippen LogP contribution in [0.3, 0.4) is 0 Å². The number of carbonyl (C=O) groups excluding carboxylic acids is 1. The molecule has 1 aromatic heterocycles. The Morgan fingerprint density at radius 2 is 1.96 bits per heavy atom. The number of urea groups is 1. The number of alkyl halides is 3. The Labute approximate surface area is 138 Å². The average molecular weight is 346 g/mol. The molecule has 0 radical (unpaired) electrons. The maximum atomic E-state index is 12.5. The predicted molar refractivity (Wildman–Crippen MR) is 84.0 cm³/mol. The summed E-state index contributed by atoms with van der Waals surface area (Å²) in [6.45, 7) is 1.38. The van der Waals surface area contributed by atoms with Crippen LogP contribution in [0.2, 0.25) is 0 Å². The van der Waals surface area contributed by atoms with Gasteiger partial charge in [0.05, 0.1) is 24.6 Å². The molecule has 2 rings (SSSR count). The second-order valence-corrected chi connectivity index (χ2v) is 5.98. The zero-order valence-corrected chi connectivity index (χ0v) is 13.8. The maximum Gasteiger partial charge on any atom is 0.401 e. The predicted octanol–water partition coefficient (Wildman–Crippen LogP) is 1.64. The number of anilines is 2. The summed E-state index contributed by atoms with van der Waals surface area (Å²) in [4.78, 5) is 25.0. The van der Waals surface area contributed by atoms with Crippen LogP contribution < -0.4 is 10.2 Å². The van der Waals surface area contributed by atoms with Crippen LogP contribution in [0.15, 0.2) is 12.4 Å². The molecule has 0 saturated carbocycles. The Morgan fingerprint density at radius 3 is 2.46 bits per heavy atom. The topological polar surface area (TPSA) is 64.6 Å². The second-order valence-electron chi connectivity index (χ2n) is 5.98. The number of nitrogens with one attached hydrogen (secondary N) is 1. The fraction of sp³-hybridized carbons (Fsp3) is 0.643. The number of halogens is 3. The van der Waals surface area contributed by atoms with Crippen molar-refractivity contribution >= 4 is 17.7 Å². The van der Waals surface area contributed by atoms with Crippen molar-refractivity contribution < 1.29 is 18.0 Å². The lowest BCUT2D eigenvalue weighted by atomic mass is 10.2. The van der Waals surface area contributed by atoms with Gasteiger partial charge in [-0.1, -0.05) is 0 Å². The van der Waals surface area contributed by atoms with Gasteiger partial charge in [0.2, 0.25) is 5.95 Å². The molecule has 1 fully saturated rings. The van der Waals surface area contributed by atoms with Crippen LogP contribution in [0.25, 0.3) is 0 Å². The average Bonchev–Trinajstić information content (AvgIpc) is 2.48. The minimum absolute atomic E-state index is 0.185. The number of amides is 2. The summed E-state index contributed by atoms with van der Waals surface area (Å²) in [5.41, 5.74) is 0.441. The summed E-state index contributed by atoms with van der Waals surface area (Å²) in [6.07, 6.45) is -1.25. The van der Waals surface area contributed by atoms with Crippen LogP contribution in [0.5, 0.6) is 0 Å². The summed E-state index contributed by atoms with van der Waals surface area (Å²) in [5.74, 6) is 0.516. The molecule has 1 atom stereocenters. The quantitative estimate of drug-likeness (QED) is 0.901. The normalized spacial score (nSPS) is 19.2. The molecule has 0 aromatic carbocycles. The molecule has 1 N–H and O–H groups in total. The number of aromatic nitrogens is 2. The van der Waals surface area contributed by atoms with E-state index in [-0.39, 0.29) is 31.7 Å². The second kappa shape index (κ2) is 7.20. The highest BCUT2D eigenvalue weighted by Gasteiger charge is 2.35. The smallest absolute Gasteiger partial charge is 0.347 e. The fourth-order valence-electron chi connectivity index (χ4n) is 2.46. The van der Waals surface area contributed by atoms with Gasteiger partial charge in [-0.15, -0.1) is 0 Å². The van der Waals surface area contributed by atoms with Crippen molar-refractivity contribution in [2.45, 2.75) is 19.1 Å². The molecule has 0 spiro atoms. The number of piperazine rings is 1. The van der Waals surface area contributed by atoms with Gasteiger partial charge in [-0.05, 0) is 6.92 Å². The Bertz CT molecular complexity index is 563. The van der Waals surface area contributed by atoms with Gasteiger partial charge in [-0.2, -0.15) is 13.2 Å². The first-order valence-electron chi connectivity index (χ1n) is 7.52. The van der Waals surface area contributed by atoms with Crippen molar-refractivity contribution in [3.8, 4) is 0 Å². The van der Waals surface area contributed by atoms with Crippen molar-refractivity contribution in [2.24, 2.45) is 0 Å². The summed E-state index contributed by atoms with van der Waals surface area (Å²) < 4.78 is 37.5. The largest absolute Gasteiger partial charge is 0.401 e. The van der Waals surface area contributed by atoms with E-state index in [1.165, 1.54) is 22.2 Å². The van der Waals surface area contributed by atoms with Gasteiger partial charge < -0.3 is 15.1 Å². The molecule has 0 unspecified atom stereocenters. The number of hydrogen-bond donors (Lipinski definition) is 1. The molecule has 1 aromatic rings. The third-order valence-corrected chi connectivity index (χ3v) is 3.72. The Balaban J connectivity index is 1.90. The Kier molecular flexibility index (Phi) is 5.47. The molecule has 7 nitrogen and oxygen atoms in total. The lowest BCUT2D eigenvalue weighted by Gasteiger charge is -2.39. The van der Waals surface area contributed by atoms with E-state index < -0.39 is 12.7 Å². The Hall–Kier alpha value is -2.10. The van der Waals surface area contributed by atoms with E-state index in [1.807, 2.05) is 0 Å². The molecule has 1 aliphatic heterocycles. The van der Waals surface area contributed by atoms with E-state index in [2.05, 4.69) is 15.3 Å². The third kappa shape index (κ3) is 4.95. The highest BCUT2D eigenvalue weighted by molar-refractivity contribution is 5.89. The minimum atomic E-state index is -4.23. The molecule has 2 amide bonds. The van der Waals surface area contributed by atoms with E-state index >= 15 is 0 Å². The van der Waals surface area contributed by atoms with E-state index in [0.717, 1.165) is 0 Å². The van der Waals surface area contributed by atoms with Crippen LogP contribution in [0.1, 0.15) is 6.92 Å². The van der Waals surface area contributed by atoms with Crippen molar-refractivity contribution in [3.05, 3.63) is 12.4 Å². The van der Waals surface area contributed by atoms with Crippen molar-refractivity contribution in [1.82, 2.24) is 19.8 Å². The van der Waals surface area contributed by atoms with E-state index in [0.29, 0.717) is 11.6 Å². The summed E-state index contributed by atoms with van der Waals surface area (Å²) in [7, 11) is 3.60. The van der Waals surface area contributed by atoms with Crippen LogP contribution >= 0.6 is 0 Å². The summed E-state index contributed by atoms with van der Waals surface area (Å²) in [6, 6.07) is -0.729.